The summed E-state index contributed by atoms with van der Waals surface area (Å²) in [6.45, 7) is 6.71. The van der Waals surface area contributed by atoms with Crippen LogP contribution in [-0.4, -0.2) is 0 Å². The topological polar surface area (TPSA) is 21.4 Å². The molecule has 0 amide bonds. The molecule has 0 saturated carbocycles. The Morgan fingerprint density at radius 1 is 1.16 bits per heavy atom. The molecule has 0 saturated heterocycles. The predicted molar refractivity (Wildman–Crippen MR) is 96.0 cm³/mol. The highest BCUT2D eigenvalue weighted by Gasteiger charge is 2.22. The molecule has 2 aromatic carbocycles. The Labute approximate surface area is 149 Å². The maximum atomic E-state index is 14.6. The summed E-state index contributed by atoms with van der Waals surface area (Å²) in [5, 5.41) is 1.63. The van der Waals surface area contributed by atoms with Gasteiger partial charge in [0.25, 0.3) is 0 Å². The van der Waals surface area contributed by atoms with Gasteiger partial charge in [-0.25, -0.2) is 13.8 Å². The lowest BCUT2D eigenvalue weighted by Crippen LogP contribution is -2.31. The molecule has 4 rings (SSSR count). The van der Waals surface area contributed by atoms with Crippen molar-refractivity contribution in [3.05, 3.63) is 71.0 Å². The van der Waals surface area contributed by atoms with Gasteiger partial charge in [0, 0.05) is 26.5 Å². The third-order valence-electron chi connectivity index (χ3n) is 4.45. The molecule has 0 bridgehead atoms. The molecule has 0 atom stereocenters. The lowest BCUT2D eigenvalue weighted by molar-refractivity contribution is -0.661. The van der Waals surface area contributed by atoms with Gasteiger partial charge in [0.05, 0.1) is 12.1 Å². The molecule has 0 spiro atoms. The number of halogens is 1. The van der Waals surface area contributed by atoms with Crippen LogP contribution in [0.1, 0.15) is 15.2 Å². The van der Waals surface area contributed by atoms with Gasteiger partial charge in [-0.05, 0) is 19.3 Å². The summed E-state index contributed by atoms with van der Waals surface area (Å²) >= 11 is 0. The van der Waals surface area contributed by atoms with E-state index in [1.165, 1.54) is 12.3 Å². The third kappa shape index (κ3) is 2.20. The first kappa shape index (κ1) is 12.2. The molecule has 25 heavy (non-hydrogen) atoms. The highest BCUT2D eigenvalue weighted by molar-refractivity contribution is 6.12. The molecule has 4 aromatic rings. The van der Waals surface area contributed by atoms with E-state index in [9.17, 15) is 4.39 Å². The number of para-hydroxylation sites is 1. The fraction of sp³-hybridized carbons (Fsp3) is 0.143. The van der Waals surface area contributed by atoms with Crippen molar-refractivity contribution in [2.24, 2.45) is 7.05 Å². The Hall–Kier alpha value is -3.19. The van der Waals surface area contributed by atoms with Crippen LogP contribution in [-0.2, 0) is 7.05 Å². The summed E-state index contributed by atoms with van der Waals surface area (Å²) in [6, 6.07) is 10.4. The number of rotatable bonds is 1. The minimum absolute atomic E-state index is 0.330. The van der Waals surface area contributed by atoms with Crippen LogP contribution in [0.15, 0.2) is 47.0 Å². The number of hydrogen-bond donors (Lipinski definition) is 0. The van der Waals surface area contributed by atoms with Crippen molar-refractivity contribution in [2.45, 2.75) is 13.8 Å². The van der Waals surface area contributed by atoms with E-state index in [1.807, 2.05) is 25.1 Å². The summed E-state index contributed by atoms with van der Waals surface area (Å²) in [6.07, 6.45) is 1.29. The van der Waals surface area contributed by atoms with Gasteiger partial charge in [-0.15, -0.1) is 0 Å². The summed E-state index contributed by atoms with van der Waals surface area (Å²) < 4.78 is 44.8. The molecule has 0 fully saturated rings. The number of aryl methyl sites for hydroxylation is 3. The molecule has 0 aliphatic carbocycles. The van der Waals surface area contributed by atoms with Gasteiger partial charge < -0.3 is 4.42 Å². The van der Waals surface area contributed by atoms with E-state index in [4.69, 9.17) is 15.1 Å². The minimum atomic E-state index is -2.54. The van der Waals surface area contributed by atoms with Gasteiger partial charge in [0.2, 0.25) is 11.4 Å². The number of hydrogen-bond acceptors (Lipinski definition) is 1. The monoisotopic (exact) mass is 334 g/mol. The number of aromatic nitrogens is 1. The fourth-order valence-electron chi connectivity index (χ4n) is 3.22. The van der Waals surface area contributed by atoms with Gasteiger partial charge >= 0.3 is 0 Å². The van der Waals surface area contributed by atoms with Crippen molar-refractivity contribution in [1.82, 2.24) is 0 Å². The molecule has 2 aromatic heterocycles. The summed E-state index contributed by atoms with van der Waals surface area (Å²) in [4.78, 5) is 3.52. The van der Waals surface area contributed by atoms with Crippen molar-refractivity contribution >= 4 is 27.6 Å². The quantitative estimate of drug-likeness (QED) is 0.338. The van der Waals surface area contributed by atoms with E-state index in [0.29, 0.717) is 28.1 Å². The van der Waals surface area contributed by atoms with Crippen molar-refractivity contribution < 1.29 is 17.5 Å². The first-order valence-electron chi connectivity index (χ1n) is 9.24. The molecular weight excluding hydrogens is 315 g/mol. The smallest absolute Gasteiger partial charge is 0.229 e. The second-order valence-electron chi connectivity index (χ2n) is 6.03. The van der Waals surface area contributed by atoms with Gasteiger partial charge in [-0.1, -0.05) is 30.3 Å². The second kappa shape index (κ2) is 5.42. The summed E-state index contributed by atoms with van der Waals surface area (Å²) in [5.74, 6) is -0.789. The summed E-state index contributed by atoms with van der Waals surface area (Å²) in [7, 11) is 1.68. The van der Waals surface area contributed by atoms with Crippen LogP contribution in [0.4, 0.5) is 10.1 Å². The van der Waals surface area contributed by atoms with E-state index < -0.39 is 12.7 Å². The fourth-order valence-corrected chi connectivity index (χ4v) is 3.22. The zero-order chi connectivity index (χ0) is 20.2. The molecule has 0 N–H and O–H groups in total. The maximum Gasteiger partial charge on any atom is 0.229 e. The standard InChI is InChI=1S/C21H16FN2O/c1-12-8-9-15-14-6-5-7-17(23-3)20(14)25-21(15)19(12)18-10-16(22)13(2)11-24(18)4/h5-11H,1-2,4H3/q+1/i2D3. The normalized spacial score (nSPS) is 13.4. The van der Waals surface area contributed by atoms with Crippen LogP contribution in [0, 0.1) is 26.2 Å². The number of furan rings is 1. The van der Waals surface area contributed by atoms with Crippen LogP contribution in [0.25, 0.3) is 38.0 Å². The highest BCUT2D eigenvalue weighted by Crippen LogP contribution is 2.40. The molecule has 0 aliphatic heterocycles. The SMILES string of the molecule is [2H]C([2H])([2H])c1c[n+](C)c(-c2c(C)ccc3c2oc2c([N+]#[C-])cccc23)cc1F. The number of pyridine rings is 1. The van der Waals surface area contributed by atoms with Crippen molar-refractivity contribution in [3.63, 3.8) is 0 Å². The minimum Gasteiger partial charge on any atom is -0.466 e. The zero-order valence-corrected chi connectivity index (χ0v) is 13.7. The molecule has 122 valence electrons. The van der Waals surface area contributed by atoms with Crippen LogP contribution >= 0.6 is 0 Å². The molecule has 0 unspecified atom stereocenters. The molecule has 4 heteroatoms. The Kier molecular flexibility index (Phi) is 2.65. The van der Waals surface area contributed by atoms with Gasteiger partial charge in [-0.2, -0.15) is 0 Å². The van der Waals surface area contributed by atoms with Crippen molar-refractivity contribution in [2.75, 3.05) is 0 Å². The van der Waals surface area contributed by atoms with Gasteiger partial charge in [0.1, 0.15) is 24.0 Å². The van der Waals surface area contributed by atoms with Crippen molar-refractivity contribution in [1.29, 1.82) is 0 Å². The lowest BCUT2D eigenvalue weighted by atomic mass is 10.00. The first-order chi connectivity index (χ1) is 13.2. The van der Waals surface area contributed by atoms with E-state index in [2.05, 4.69) is 4.85 Å². The van der Waals surface area contributed by atoms with Crippen LogP contribution in [0.3, 0.4) is 0 Å². The predicted octanol–water partition coefficient (Wildman–Crippen LogP) is 5.38. The van der Waals surface area contributed by atoms with Crippen LogP contribution in [0.2, 0.25) is 0 Å². The maximum absolute atomic E-state index is 14.6. The third-order valence-corrected chi connectivity index (χ3v) is 4.45. The van der Waals surface area contributed by atoms with E-state index in [1.54, 1.807) is 23.7 Å². The van der Waals surface area contributed by atoms with E-state index in [-0.39, 0.29) is 5.56 Å². The lowest BCUT2D eigenvalue weighted by Gasteiger charge is -2.06. The molecule has 0 aliphatic rings. The molecule has 3 nitrogen and oxygen atoms in total. The molecule has 0 radical (unpaired) electrons. The summed E-state index contributed by atoms with van der Waals surface area (Å²) in [5.41, 5.74) is 3.13. The van der Waals surface area contributed by atoms with Crippen LogP contribution < -0.4 is 4.57 Å². The Balaban J connectivity index is 2.09. The number of nitrogens with zero attached hydrogens (tertiary/aromatic N) is 2. The number of fused-ring (bicyclic) bond motifs is 3. The highest BCUT2D eigenvalue weighted by atomic mass is 19.1. The van der Waals surface area contributed by atoms with E-state index in [0.717, 1.165) is 16.3 Å². The average molecular weight is 334 g/mol. The van der Waals surface area contributed by atoms with Crippen molar-refractivity contribution in [3.8, 4) is 11.3 Å². The average Bonchev–Trinajstić information content (AvgIpc) is 3.01. The zero-order valence-electron chi connectivity index (χ0n) is 16.7. The Bertz CT molecular complexity index is 1300. The molecule has 2 heterocycles. The number of benzene rings is 2. The second-order valence-corrected chi connectivity index (χ2v) is 6.03. The van der Waals surface area contributed by atoms with E-state index >= 15 is 0 Å². The Morgan fingerprint density at radius 2 is 1.96 bits per heavy atom. The Morgan fingerprint density at radius 3 is 2.72 bits per heavy atom. The van der Waals surface area contributed by atoms with Gasteiger partial charge in [0.15, 0.2) is 6.20 Å². The first-order valence-corrected chi connectivity index (χ1v) is 7.74. The van der Waals surface area contributed by atoms with Gasteiger partial charge in [-0.3, -0.25) is 0 Å². The van der Waals surface area contributed by atoms with Crippen LogP contribution in [0.5, 0.6) is 0 Å². The molecular formula is C21H16FN2O+. The largest absolute Gasteiger partial charge is 0.466 e.